The first kappa shape index (κ1) is 25.6. The lowest BCUT2D eigenvalue weighted by atomic mass is 10.2. The van der Waals surface area contributed by atoms with Crippen molar-refractivity contribution in [2.45, 2.75) is 44.0 Å². The first-order valence-corrected chi connectivity index (χ1v) is 13.1. The average Bonchev–Trinajstić information content (AvgIpc) is 3.16. The Morgan fingerprint density at radius 2 is 1.62 bits per heavy atom. The van der Waals surface area contributed by atoms with Crippen molar-refractivity contribution in [2.75, 3.05) is 26.2 Å². The Balaban J connectivity index is 1.51. The summed E-state index contributed by atoms with van der Waals surface area (Å²) in [5.41, 5.74) is 1.67. The van der Waals surface area contributed by atoms with Crippen LogP contribution in [0.5, 0.6) is 0 Å². The van der Waals surface area contributed by atoms with E-state index in [0.717, 1.165) is 31.2 Å². The summed E-state index contributed by atoms with van der Waals surface area (Å²) < 4.78 is 32.4. The fourth-order valence-electron chi connectivity index (χ4n) is 3.80. The van der Waals surface area contributed by atoms with Crippen molar-refractivity contribution in [1.29, 1.82) is 0 Å². The lowest BCUT2D eigenvalue weighted by Gasteiger charge is -2.20. The molecule has 0 radical (unpaired) electrons. The first-order chi connectivity index (χ1) is 16.4. The molecule has 0 saturated carbocycles. The molecule has 0 aliphatic carbocycles. The van der Waals surface area contributed by atoms with E-state index < -0.39 is 16.0 Å². The monoisotopic (exact) mass is 484 g/mol. The number of benzene rings is 2. The molecule has 1 heterocycles. The molecule has 2 aromatic rings. The van der Waals surface area contributed by atoms with Gasteiger partial charge in [-0.25, -0.2) is 13.2 Å². The van der Waals surface area contributed by atoms with Gasteiger partial charge in [0.05, 0.1) is 4.90 Å². The van der Waals surface area contributed by atoms with Crippen LogP contribution in [-0.2, 0) is 30.9 Å². The topological polar surface area (TPSA) is 84.0 Å². The number of carbonyl (C=O) groups excluding carboxylic acids is 2. The van der Waals surface area contributed by atoms with Crippen molar-refractivity contribution >= 4 is 28.0 Å². The zero-order valence-electron chi connectivity index (χ0n) is 19.6. The highest BCUT2D eigenvalue weighted by atomic mass is 32.2. The summed E-state index contributed by atoms with van der Waals surface area (Å²) in [7, 11) is -3.51. The number of carbonyl (C=O) groups is 2. The van der Waals surface area contributed by atoms with Gasteiger partial charge in [-0.05, 0) is 49.1 Å². The van der Waals surface area contributed by atoms with Crippen LogP contribution in [0.1, 0.15) is 43.7 Å². The predicted octanol–water partition coefficient (Wildman–Crippen LogP) is 3.86. The van der Waals surface area contributed by atoms with Gasteiger partial charge >= 0.3 is 5.97 Å². The SMILES string of the molecule is CCN(Cc1ccccc1)C(=O)COC(=O)/C=C/c1ccc(S(=O)(=O)N2CCCCCC2)cc1. The number of sulfonamides is 1. The summed E-state index contributed by atoms with van der Waals surface area (Å²) in [4.78, 5) is 26.3. The first-order valence-electron chi connectivity index (χ1n) is 11.7. The van der Waals surface area contributed by atoms with Gasteiger partial charge < -0.3 is 9.64 Å². The highest BCUT2D eigenvalue weighted by molar-refractivity contribution is 7.89. The van der Waals surface area contributed by atoms with Crippen LogP contribution in [0.2, 0.25) is 0 Å². The Labute approximate surface area is 202 Å². The summed E-state index contributed by atoms with van der Waals surface area (Å²) in [5.74, 6) is -0.901. The molecule has 2 aromatic carbocycles. The molecule has 1 aliphatic rings. The van der Waals surface area contributed by atoms with E-state index in [0.29, 0.717) is 31.7 Å². The number of hydrogen-bond donors (Lipinski definition) is 0. The second kappa shape index (κ2) is 12.5. The molecule has 0 spiro atoms. The van der Waals surface area contributed by atoms with E-state index in [9.17, 15) is 18.0 Å². The highest BCUT2D eigenvalue weighted by Crippen LogP contribution is 2.21. The van der Waals surface area contributed by atoms with Crippen molar-refractivity contribution in [3.05, 3.63) is 71.8 Å². The predicted molar refractivity (Wildman–Crippen MR) is 131 cm³/mol. The minimum Gasteiger partial charge on any atom is -0.452 e. The molecule has 0 atom stereocenters. The van der Waals surface area contributed by atoms with Crippen LogP contribution in [-0.4, -0.2) is 55.7 Å². The van der Waals surface area contributed by atoms with Gasteiger partial charge in [-0.15, -0.1) is 0 Å². The minimum absolute atomic E-state index is 0.248. The summed E-state index contributed by atoms with van der Waals surface area (Å²) in [6.45, 7) is 3.60. The maximum atomic E-state index is 12.9. The van der Waals surface area contributed by atoms with Gasteiger partial charge in [-0.1, -0.05) is 55.3 Å². The van der Waals surface area contributed by atoms with Crippen molar-refractivity contribution in [1.82, 2.24) is 9.21 Å². The second-order valence-corrected chi connectivity index (χ2v) is 10.2. The lowest BCUT2D eigenvalue weighted by molar-refractivity contribution is -0.148. The Bertz CT molecular complexity index is 1070. The zero-order valence-corrected chi connectivity index (χ0v) is 20.4. The number of hydrogen-bond acceptors (Lipinski definition) is 5. The fraction of sp³-hybridized carbons (Fsp3) is 0.385. The molecule has 0 aromatic heterocycles. The number of ether oxygens (including phenoxy) is 1. The standard InChI is InChI=1S/C26H32N2O5S/c1-2-27(20-23-10-6-5-7-11-23)25(29)21-33-26(30)17-14-22-12-15-24(16-13-22)34(31,32)28-18-8-3-4-9-19-28/h5-7,10-17H,2-4,8-9,18-21H2,1H3/b17-14+. The molecule has 7 nitrogen and oxygen atoms in total. The Morgan fingerprint density at radius 3 is 2.24 bits per heavy atom. The summed E-state index contributed by atoms with van der Waals surface area (Å²) in [6.07, 6.45) is 6.65. The number of esters is 1. The molecular weight excluding hydrogens is 452 g/mol. The molecule has 0 N–H and O–H groups in total. The molecule has 1 fully saturated rings. The number of rotatable bonds is 9. The molecule has 34 heavy (non-hydrogen) atoms. The van der Waals surface area contributed by atoms with Gasteiger partial charge in [0.25, 0.3) is 5.91 Å². The molecular formula is C26H32N2O5S. The molecule has 0 bridgehead atoms. The largest absolute Gasteiger partial charge is 0.452 e. The van der Waals surface area contributed by atoms with Crippen molar-refractivity contribution in [2.24, 2.45) is 0 Å². The van der Waals surface area contributed by atoms with Crippen LogP contribution in [0.25, 0.3) is 6.08 Å². The quantitative estimate of drug-likeness (QED) is 0.399. The molecule has 0 unspecified atom stereocenters. The molecule has 1 saturated heterocycles. The number of amides is 1. The molecule has 1 aliphatic heterocycles. The maximum Gasteiger partial charge on any atom is 0.331 e. The van der Waals surface area contributed by atoms with E-state index in [-0.39, 0.29) is 17.4 Å². The molecule has 3 rings (SSSR count). The van der Waals surface area contributed by atoms with Crippen LogP contribution < -0.4 is 0 Å². The van der Waals surface area contributed by atoms with Gasteiger partial charge in [-0.2, -0.15) is 4.31 Å². The minimum atomic E-state index is -3.51. The fourth-order valence-corrected chi connectivity index (χ4v) is 5.32. The van der Waals surface area contributed by atoms with Crippen LogP contribution >= 0.6 is 0 Å². The van der Waals surface area contributed by atoms with Gasteiger partial charge in [0.2, 0.25) is 10.0 Å². The van der Waals surface area contributed by atoms with Gasteiger partial charge in [-0.3, -0.25) is 4.79 Å². The zero-order chi connectivity index (χ0) is 24.4. The van der Waals surface area contributed by atoms with Crippen molar-refractivity contribution in [3.8, 4) is 0 Å². The lowest BCUT2D eigenvalue weighted by Crippen LogP contribution is -2.33. The van der Waals surface area contributed by atoms with Crippen LogP contribution in [0.4, 0.5) is 0 Å². The third kappa shape index (κ3) is 7.27. The van der Waals surface area contributed by atoms with Crippen molar-refractivity contribution in [3.63, 3.8) is 0 Å². The van der Waals surface area contributed by atoms with Gasteiger partial charge in [0.15, 0.2) is 6.61 Å². The van der Waals surface area contributed by atoms with E-state index in [1.54, 1.807) is 33.5 Å². The third-order valence-electron chi connectivity index (χ3n) is 5.78. The van der Waals surface area contributed by atoms with Crippen LogP contribution in [0.15, 0.2) is 65.6 Å². The van der Waals surface area contributed by atoms with Gasteiger partial charge in [0.1, 0.15) is 0 Å². The molecule has 1 amide bonds. The maximum absolute atomic E-state index is 12.9. The van der Waals surface area contributed by atoms with Crippen LogP contribution in [0.3, 0.4) is 0 Å². The van der Waals surface area contributed by atoms with Gasteiger partial charge in [0, 0.05) is 32.3 Å². The molecule has 182 valence electrons. The third-order valence-corrected chi connectivity index (χ3v) is 7.70. The van der Waals surface area contributed by atoms with E-state index in [4.69, 9.17) is 4.74 Å². The van der Waals surface area contributed by atoms with E-state index in [2.05, 4.69) is 0 Å². The summed E-state index contributed by atoms with van der Waals surface area (Å²) in [5, 5.41) is 0. The highest BCUT2D eigenvalue weighted by Gasteiger charge is 2.24. The molecule has 8 heteroatoms. The van der Waals surface area contributed by atoms with Crippen molar-refractivity contribution < 1.29 is 22.7 Å². The van der Waals surface area contributed by atoms with E-state index >= 15 is 0 Å². The summed E-state index contributed by atoms with van der Waals surface area (Å²) >= 11 is 0. The van der Waals surface area contributed by atoms with E-state index in [1.807, 2.05) is 37.3 Å². The smallest absolute Gasteiger partial charge is 0.331 e. The Kier molecular flexibility index (Phi) is 9.42. The normalized spacial score (nSPS) is 15.1. The second-order valence-electron chi connectivity index (χ2n) is 8.22. The van der Waals surface area contributed by atoms with E-state index in [1.165, 1.54) is 12.2 Å². The number of nitrogens with zero attached hydrogens (tertiary/aromatic N) is 2. The Hall–Kier alpha value is -2.97. The number of likely N-dealkylation sites (N-methyl/N-ethyl adjacent to an activating group) is 1. The average molecular weight is 485 g/mol. The summed E-state index contributed by atoms with van der Waals surface area (Å²) in [6, 6.07) is 16.0. The van der Waals surface area contributed by atoms with Crippen LogP contribution in [0, 0.1) is 0 Å². The Morgan fingerprint density at radius 1 is 0.971 bits per heavy atom.